The molecule has 0 radical (unpaired) electrons. The summed E-state index contributed by atoms with van der Waals surface area (Å²) in [7, 11) is -3.80. The van der Waals surface area contributed by atoms with E-state index in [4.69, 9.17) is 5.14 Å². The van der Waals surface area contributed by atoms with Crippen molar-refractivity contribution < 1.29 is 13.2 Å². The SMILES string of the molecule is CCc1cccc(CC)c1NC(=O)CSc1nc2cc(S(N)(=O)=O)ccc2n1CC. The molecule has 160 valence electrons. The number of carbonyl (C=O) groups is 1. The minimum Gasteiger partial charge on any atom is -0.325 e. The van der Waals surface area contributed by atoms with Crippen molar-refractivity contribution in [2.75, 3.05) is 11.1 Å². The number of imidazole rings is 1. The third-order valence-electron chi connectivity index (χ3n) is 4.93. The first-order chi connectivity index (χ1) is 14.3. The van der Waals surface area contributed by atoms with Crippen LogP contribution < -0.4 is 10.5 Å². The van der Waals surface area contributed by atoms with Gasteiger partial charge in [-0.1, -0.05) is 43.8 Å². The van der Waals surface area contributed by atoms with Crippen molar-refractivity contribution in [2.24, 2.45) is 5.14 Å². The number of rotatable bonds is 8. The fraction of sp³-hybridized carbons (Fsp3) is 0.333. The maximum absolute atomic E-state index is 12.7. The summed E-state index contributed by atoms with van der Waals surface area (Å²) in [5.74, 6) is 0.0996. The maximum Gasteiger partial charge on any atom is 0.238 e. The van der Waals surface area contributed by atoms with E-state index in [-0.39, 0.29) is 16.6 Å². The Morgan fingerprint density at radius 3 is 2.37 bits per heavy atom. The monoisotopic (exact) mass is 446 g/mol. The molecular weight excluding hydrogens is 420 g/mol. The highest BCUT2D eigenvalue weighted by atomic mass is 32.2. The second kappa shape index (κ2) is 9.20. The molecule has 7 nitrogen and oxygen atoms in total. The number of carbonyl (C=O) groups excluding carboxylic acids is 1. The lowest BCUT2D eigenvalue weighted by atomic mass is 10.0. The van der Waals surface area contributed by atoms with Crippen LogP contribution in [0.2, 0.25) is 0 Å². The Hall–Kier alpha value is -2.36. The van der Waals surface area contributed by atoms with Gasteiger partial charge in [0.25, 0.3) is 0 Å². The highest BCUT2D eigenvalue weighted by Crippen LogP contribution is 2.27. The molecule has 3 rings (SSSR count). The topological polar surface area (TPSA) is 107 Å². The number of nitrogens with two attached hydrogens (primary N) is 1. The van der Waals surface area contributed by atoms with Gasteiger partial charge in [0.15, 0.2) is 5.16 Å². The van der Waals surface area contributed by atoms with Crippen molar-refractivity contribution in [3.05, 3.63) is 47.5 Å². The zero-order valence-corrected chi connectivity index (χ0v) is 18.9. The third-order valence-corrected chi connectivity index (χ3v) is 6.81. The Kier molecular flexibility index (Phi) is 6.84. The van der Waals surface area contributed by atoms with Gasteiger partial charge in [-0.2, -0.15) is 0 Å². The van der Waals surface area contributed by atoms with Gasteiger partial charge in [-0.05, 0) is 49.1 Å². The van der Waals surface area contributed by atoms with Crippen LogP contribution in [0.5, 0.6) is 0 Å². The predicted molar refractivity (Wildman–Crippen MR) is 121 cm³/mol. The molecule has 9 heteroatoms. The molecule has 0 saturated carbocycles. The largest absolute Gasteiger partial charge is 0.325 e. The van der Waals surface area contributed by atoms with E-state index in [0.717, 1.165) is 35.2 Å². The van der Waals surface area contributed by atoms with Crippen LogP contribution in [0.1, 0.15) is 31.9 Å². The first kappa shape index (κ1) is 22.3. The van der Waals surface area contributed by atoms with Gasteiger partial charge in [0, 0.05) is 12.2 Å². The van der Waals surface area contributed by atoms with Gasteiger partial charge >= 0.3 is 0 Å². The average Bonchev–Trinajstić information content (AvgIpc) is 3.08. The normalized spacial score (nSPS) is 11.7. The Bertz CT molecular complexity index is 1160. The van der Waals surface area contributed by atoms with Gasteiger partial charge < -0.3 is 9.88 Å². The van der Waals surface area contributed by atoms with E-state index in [1.165, 1.54) is 23.9 Å². The molecule has 1 amide bonds. The van der Waals surface area contributed by atoms with Crippen LogP contribution in [0.3, 0.4) is 0 Å². The molecule has 0 spiro atoms. The van der Waals surface area contributed by atoms with Gasteiger partial charge in [0.05, 0.1) is 21.7 Å². The molecule has 1 aromatic heterocycles. The van der Waals surface area contributed by atoms with Crippen molar-refractivity contribution in [3.63, 3.8) is 0 Å². The fourth-order valence-corrected chi connectivity index (χ4v) is 4.80. The summed E-state index contributed by atoms with van der Waals surface area (Å²) in [5.41, 5.74) is 4.47. The Morgan fingerprint density at radius 1 is 1.13 bits per heavy atom. The molecule has 0 unspecified atom stereocenters. The Balaban J connectivity index is 1.81. The van der Waals surface area contributed by atoms with E-state index >= 15 is 0 Å². The third kappa shape index (κ3) is 4.69. The predicted octanol–water partition coefficient (Wildman–Crippen LogP) is 3.56. The second-order valence-electron chi connectivity index (χ2n) is 6.83. The van der Waals surface area contributed by atoms with Crippen LogP contribution in [0.4, 0.5) is 5.69 Å². The van der Waals surface area contributed by atoms with Crippen molar-refractivity contribution in [2.45, 2.75) is 50.2 Å². The minimum absolute atomic E-state index is 0.0216. The molecule has 0 aliphatic rings. The first-order valence-corrected chi connectivity index (χ1v) is 12.4. The standard InChI is InChI=1S/C21H26N4O3S2/c1-4-14-8-7-9-15(5-2)20(14)24-19(26)13-29-21-23-17-12-16(30(22,27)28)10-11-18(17)25(21)6-3/h7-12H,4-6,13H2,1-3H3,(H,24,26)(H2,22,27,28). The summed E-state index contributed by atoms with van der Waals surface area (Å²) in [4.78, 5) is 17.2. The van der Waals surface area contributed by atoms with Crippen molar-refractivity contribution in [3.8, 4) is 0 Å². The number of primary sulfonamides is 1. The molecule has 1 heterocycles. The van der Waals surface area contributed by atoms with Gasteiger partial charge in [-0.15, -0.1) is 0 Å². The summed E-state index contributed by atoms with van der Waals surface area (Å²) in [6.45, 7) is 6.76. The molecule has 0 fully saturated rings. The summed E-state index contributed by atoms with van der Waals surface area (Å²) < 4.78 is 25.2. The summed E-state index contributed by atoms with van der Waals surface area (Å²) in [5, 5.41) is 8.94. The van der Waals surface area contributed by atoms with Crippen LogP contribution in [0.15, 0.2) is 46.5 Å². The number of aromatic nitrogens is 2. The van der Waals surface area contributed by atoms with E-state index in [9.17, 15) is 13.2 Å². The Labute approximate surface area is 181 Å². The number of aryl methyl sites for hydroxylation is 3. The maximum atomic E-state index is 12.7. The van der Waals surface area contributed by atoms with E-state index in [1.54, 1.807) is 6.07 Å². The smallest absolute Gasteiger partial charge is 0.238 e. The molecule has 0 aliphatic heterocycles. The number of thioether (sulfide) groups is 1. The number of nitrogens with one attached hydrogen (secondary N) is 1. The average molecular weight is 447 g/mol. The number of nitrogens with zero attached hydrogens (tertiary/aromatic N) is 2. The van der Waals surface area contributed by atoms with Crippen LogP contribution in [-0.4, -0.2) is 29.6 Å². The number of amides is 1. The second-order valence-corrected chi connectivity index (χ2v) is 9.33. The number of para-hydroxylation sites is 1. The quantitative estimate of drug-likeness (QED) is 0.515. The highest BCUT2D eigenvalue weighted by Gasteiger charge is 2.16. The number of hydrogen-bond acceptors (Lipinski definition) is 5. The fourth-order valence-electron chi connectivity index (χ4n) is 3.39. The molecule has 30 heavy (non-hydrogen) atoms. The minimum atomic E-state index is -3.80. The number of fused-ring (bicyclic) bond motifs is 1. The van der Waals surface area contributed by atoms with Crippen LogP contribution in [0, 0.1) is 0 Å². The van der Waals surface area contributed by atoms with E-state index in [1.807, 2.05) is 29.7 Å². The summed E-state index contributed by atoms with van der Waals surface area (Å²) in [6.07, 6.45) is 1.68. The van der Waals surface area contributed by atoms with Crippen LogP contribution in [-0.2, 0) is 34.2 Å². The lowest BCUT2D eigenvalue weighted by Gasteiger charge is -2.14. The van der Waals surface area contributed by atoms with Crippen molar-refractivity contribution in [1.82, 2.24) is 9.55 Å². The number of anilines is 1. The van der Waals surface area contributed by atoms with E-state index in [0.29, 0.717) is 17.2 Å². The molecule has 2 aromatic carbocycles. The van der Waals surface area contributed by atoms with Gasteiger partial charge in [-0.25, -0.2) is 18.5 Å². The van der Waals surface area contributed by atoms with Crippen molar-refractivity contribution >= 4 is 44.4 Å². The molecule has 0 aliphatic carbocycles. The molecule has 0 atom stereocenters. The zero-order valence-electron chi connectivity index (χ0n) is 17.3. The summed E-state index contributed by atoms with van der Waals surface area (Å²) in [6, 6.07) is 10.7. The lowest BCUT2D eigenvalue weighted by molar-refractivity contribution is -0.113. The van der Waals surface area contributed by atoms with Gasteiger partial charge in [0.1, 0.15) is 0 Å². The lowest BCUT2D eigenvalue weighted by Crippen LogP contribution is -2.17. The molecular formula is C21H26N4O3S2. The van der Waals surface area contributed by atoms with E-state index in [2.05, 4.69) is 24.1 Å². The molecule has 3 N–H and O–H groups in total. The van der Waals surface area contributed by atoms with Crippen LogP contribution in [0.25, 0.3) is 11.0 Å². The Morgan fingerprint density at radius 2 is 1.80 bits per heavy atom. The zero-order chi connectivity index (χ0) is 21.9. The number of sulfonamides is 1. The summed E-state index contributed by atoms with van der Waals surface area (Å²) >= 11 is 1.32. The highest BCUT2D eigenvalue weighted by molar-refractivity contribution is 7.99. The van der Waals surface area contributed by atoms with Gasteiger partial charge in [-0.3, -0.25) is 4.79 Å². The number of benzene rings is 2. The molecule has 0 bridgehead atoms. The molecule has 0 saturated heterocycles. The number of hydrogen-bond donors (Lipinski definition) is 2. The molecule has 3 aromatic rings. The van der Waals surface area contributed by atoms with Crippen molar-refractivity contribution in [1.29, 1.82) is 0 Å². The first-order valence-electron chi connectivity index (χ1n) is 9.84. The van der Waals surface area contributed by atoms with Gasteiger partial charge in [0.2, 0.25) is 15.9 Å². The van der Waals surface area contributed by atoms with Crippen LogP contribution >= 0.6 is 11.8 Å². The van der Waals surface area contributed by atoms with E-state index < -0.39 is 10.0 Å².